The maximum Gasteiger partial charge on any atom is 0.347 e. The average Bonchev–Trinajstić information content (AvgIpc) is 3.08. The summed E-state index contributed by atoms with van der Waals surface area (Å²) in [5.41, 5.74) is 3.39. The number of ether oxygens (including phenoxy) is 1. The Hall–Kier alpha value is -5.41. The predicted octanol–water partition coefficient (Wildman–Crippen LogP) is 4.93. The van der Waals surface area contributed by atoms with Crippen LogP contribution in [0, 0.1) is 5.92 Å². The van der Waals surface area contributed by atoms with Gasteiger partial charge in [0.1, 0.15) is 17.1 Å². The van der Waals surface area contributed by atoms with Gasteiger partial charge in [-0.3, -0.25) is 4.79 Å². The van der Waals surface area contributed by atoms with Gasteiger partial charge in [-0.2, -0.15) is 0 Å². The molecule has 270 valence electrons. The van der Waals surface area contributed by atoms with Crippen molar-refractivity contribution in [2.45, 2.75) is 35.8 Å². The summed E-state index contributed by atoms with van der Waals surface area (Å²) in [7, 11) is 4.29. The van der Waals surface area contributed by atoms with Crippen molar-refractivity contribution in [2.75, 3.05) is 37.4 Å². The zero-order valence-corrected chi connectivity index (χ0v) is 29.3. The van der Waals surface area contributed by atoms with Crippen LogP contribution in [0.15, 0.2) is 107 Å². The van der Waals surface area contributed by atoms with Crippen LogP contribution in [0.4, 0.5) is 17.1 Å². The molecule has 3 unspecified atom stereocenters. The molecular formula is C37H41N3O10S. The van der Waals surface area contributed by atoms with Crippen molar-refractivity contribution < 1.29 is 49.4 Å². The number of aliphatic hydroxyl groups excluding tert-OH is 2. The van der Waals surface area contributed by atoms with Gasteiger partial charge in [0.15, 0.2) is 12.2 Å². The first kappa shape index (κ1) is 40.0. The molecule has 1 aliphatic heterocycles. The van der Waals surface area contributed by atoms with Gasteiger partial charge in [-0.1, -0.05) is 55.1 Å². The number of rotatable bonds is 10. The third-order valence-electron chi connectivity index (χ3n) is 7.02. The van der Waals surface area contributed by atoms with Crippen molar-refractivity contribution in [3.8, 4) is 11.5 Å². The molecule has 0 bridgehead atoms. The lowest BCUT2D eigenvalue weighted by Crippen LogP contribution is -2.39. The molecule has 0 aromatic heterocycles. The molecule has 6 N–H and O–H groups in total. The van der Waals surface area contributed by atoms with E-state index >= 15 is 0 Å². The number of fused-ring (bicyclic) bond motifs is 2. The Morgan fingerprint density at radius 1 is 0.784 bits per heavy atom. The van der Waals surface area contributed by atoms with Crippen LogP contribution in [0.5, 0.6) is 11.5 Å². The van der Waals surface area contributed by atoms with Crippen LogP contribution >= 0.6 is 11.8 Å². The van der Waals surface area contributed by atoms with Gasteiger partial charge < -0.3 is 45.4 Å². The number of benzene rings is 4. The third-order valence-corrected chi connectivity index (χ3v) is 8.15. The number of carbonyl (C=O) groups is 4. The fraction of sp³-hybridized carbons (Fsp3) is 0.243. The van der Waals surface area contributed by atoms with Gasteiger partial charge in [0.05, 0.1) is 11.4 Å². The van der Waals surface area contributed by atoms with E-state index in [0.29, 0.717) is 17.4 Å². The van der Waals surface area contributed by atoms with E-state index in [4.69, 9.17) is 25.2 Å². The topological polar surface area (TPSA) is 197 Å². The Bertz CT molecular complexity index is 1740. The highest BCUT2D eigenvalue weighted by Crippen LogP contribution is 2.48. The van der Waals surface area contributed by atoms with Gasteiger partial charge in [-0.15, -0.1) is 0 Å². The number of phenolic OH excluding ortho intramolecular Hbond substituents is 1. The van der Waals surface area contributed by atoms with Gasteiger partial charge in [0, 0.05) is 35.5 Å². The van der Waals surface area contributed by atoms with Crippen molar-refractivity contribution in [3.63, 3.8) is 0 Å². The van der Waals surface area contributed by atoms with Crippen LogP contribution in [0.3, 0.4) is 0 Å². The average molecular weight is 720 g/mol. The molecule has 0 saturated carbocycles. The second-order valence-corrected chi connectivity index (χ2v) is 12.8. The number of nitrogens with zero attached hydrogens (tertiary/aromatic N) is 2. The highest BCUT2D eigenvalue weighted by Gasteiger charge is 2.29. The van der Waals surface area contributed by atoms with Gasteiger partial charge in [-0.25, -0.2) is 14.4 Å². The maximum atomic E-state index is 11.8. The molecule has 51 heavy (non-hydrogen) atoms. The predicted molar refractivity (Wildman–Crippen MR) is 193 cm³/mol. The summed E-state index contributed by atoms with van der Waals surface area (Å²) in [5.74, 6) is -3.55. The summed E-state index contributed by atoms with van der Waals surface area (Å²) in [6.07, 6.45) is -4.53. The number of aromatic hydroxyl groups is 1. The van der Waals surface area contributed by atoms with Crippen LogP contribution < -0.4 is 15.0 Å². The largest absolute Gasteiger partial charge is 0.507 e. The number of esters is 1. The molecule has 0 spiro atoms. The minimum atomic E-state index is -2.27. The smallest absolute Gasteiger partial charge is 0.347 e. The Labute approximate surface area is 299 Å². The Balaban J connectivity index is 0.000000220. The Morgan fingerprint density at radius 2 is 1.27 bits per heavy atom. The van der Waals surface area contributed by atoms with Gasteiger partial charge in [-0.05, 0) is 80.7 Å². The zero-order chi connectivity index (χ0) is 37.7. The molecule has 4 aromatic rings. The van der Waals surface area contributed by atoms with Gasteiger partial charge in [0.25, 0.3) is 0 Å². The molecule has 0 radical (unpaired) electrons. The van der Waals surface area contributed by atoms with E-state index in [0.717, 1.165) is 13.1 Å². The van der Waals surface area contributed by atoms with Gasteiger partial charge in [0.2, 0.25) is 5.91 Å². The second kappa shape index (κ2) is 19.1. The van der Waals surface area contributed by atoms with Crippen molar-refractivity contribution in [2.24, 2.45) is 5.92 Å². The second-order valence-electron chi connectivity index (χ2n) is 11.7. The summed E-state index contributed by atoms with van der Waals surface area (Å²) in [6, 6.07) is 29.9. The molecule has 1 amide bonds. The molecule has 0 fully saturated rings. The van der Waals surface area contributed by atoms with E-state index in [1.54, 1.807) is 36.4 Å². The molecule has 0 saturated heterocycles. The number of carboxylic acids is 2. The lowest BCUT2D eigenvalue weighted by atomic mass is 10.1. The first-order chi connectivity index (χ1) is 24.2. The molecule has 5 rings (SSSR count). The fourth-order valence-electron chi connectivity index (χ4n) is 4.86. The maximum absolute atomic E-state index is 11.8. The van der Waals surface area contributed by atoms with Crippen LogP contribution in [-0.4, -0.2) is 93.6 Å². The summed E-state index contributed by atoms with van der Waals surface area (Å²) >= 11 is 1.88. The molecule has 13 nitrogen and oxygen atoms in total. The highest BCUT2D eigenvalue weighted by molar-refractivity contribution is 7.99. The standard InChI is InChI=1S/C18H22N2S.C15H13NO4.C4H6O6/c1-14(12-19(2)3)13-20-15-8-4-6-10-17(15)21-18-11-7-5-9-16(18)20;1-10(17)16-11-6-8-12(9-7-11)20-15(19)13-4-2-3-5-14(13)18;5-1(3(7)8)2(6)4(9)10/h4-11,14H,12-13H2,1-3H3;2-9,18H,1H3,(H,16,17);1-2,5-6H,(H,7,8)(H,9,10). The third kappa shape index (κ3) is 12.2. The van der Waals surface area contributed by atoms with Crippen LogP contribution in [0.25, 0.3) is 0 Å². The number of amides is 1. The monoisotopic (exact) mass is 719 g/mol. The molecule has 1 aliphatic rings. The first-order valence-electron chi connectivity index (χ1n) is 15.7. The van der Waals surface area contributed by atoms with E-state index in [1.807, 2.05) is 11.8 Å². The minimum absolute atomic E-state index is 0.0958. The number of carboxylic acid groups (broad SMARTS) is 2. The lowest BCUT2D eigenvalue weighted by Gasteiger charge is -2.35. The SMILES string of the molecule is CC(=O)Nc1ccc(OC(=O)c2ccccc2O)cc1.CC(CN(C)C)CN1c2ccccc2Sc2ccccc21.O=C(O)C(O)C(O)C(=O)O. The molecule has 1 heterocycles. The molecule has 3 atom stereocenters. The number of anilines is 3. The quantitative estimate of drug-likeness (QED) is 0.0954. The first-order valence-corrected chi connectivity index (χ1v) is 16.5. The number of carbonyl (C=O) groups excluding carboxylic acids is 2. The summed E-state index contributed by atoms with van der Waals surface area (Å²) in [6.45, 7) is 5.89. The number of aliphatic hydroxyl groups is 2. The fourth-order valence-corrected chi connectivity index (χ4v) is 5.95. The number of para-hydroxylation sites is 3. The van der Waals surface area contributed by atoms with Crippen LogP contribution in [-0.2, 0) is 14.4 Å². The highest BCUT2D eigenvalue weighted by atomic mass is 32.2. The zero-order valence-electron chi connectivity index (χ0n) is 28.5. The van der Waals surface area contributed by atoms with Crippen molar-refractivity contribution in [1.29, 1.82) is 0 Å². The Kier molecular flexibility index (Phi) is 15.0. The summed E-state index contributed by atoms with van der Waals surface area (Å²) in [4.78, 5) is 49.7. The van der Waals surface area contributed by atoms with E-state index in [-0.39, 0.29) is 17.2 Å². The van der Waals surface area contributed by atoms with E-state index < -0.39 is 30.1 Å². The van der Waals surface area contributed by atoms with Crippen LogP contribution in [0.2, 0.25) is 0 Å². The number of hydrogen-bond donors (Lipinski definition) is 6. The minimum Gasteiger partial charge on any atom is -0.507 e. The summed E-state index contributed by atoms with van der Waals surface area (Å²) < 4.78 is 5.13. The van der Waals surface area contributed by atoms with Crippen molar-refractivity contribution in [3.05, 3.63) is 103 Å². The molecule has 4 aromatic carbocycles. The lowest BCUT2D eigenvalue weighted by molar-refractivity contribution is -0.165. The normalized spacial score (nSPS) is 13.0. The van der Waals surface area contributed by atoms with E-state index in [9.17, 15) is 24.3 Å². The Morgan fingerprint density at radius 3 is 1.75 bits per heavy atom. The molecule has 0 aliphatic carbocycles. The number of hydrogen-bond acceptors (Lipinski definition) is 11. The number of nitrogens with one attached hydrogen (secondary N) is 1. The number of aliphatic carboxylic acids is 2. The van der Waals surface area contributed by atoms with E-state index in [2.05, 4.69) is 84.7 Å². The molecule has 14 heteroatoms. The van der Waals surface area contributed by atoms with Gasteiger partial charge >= 0.3 is 17.9 Å². The van der Waals surface area contributed by atoms with Crippen molar-refractivity contribution in [1.82, 2.24) is 4.90 Å². The molecular weight excluding hydrogens is 678 g/mol. The van der Waals surface area contributed by atoms with Crippen LogP contribution in [0.1, 0.15) is 24.2 Å². The summed E-state index contributed by atoms with van der Waals surface area (Å²) in [5, 5.41) is 44.7. The number of phenols is 1. The van der Waals surface area contributed by atoms with E-state index in [1.165, 1.54) is 40.2 Å². The van der Waals surface area contributed by atoms with Crippen molar-refractivity contribution >= 4 is 52.6 Å².